The molecule has 1 aliphatic rings. The smallest absolute Gasteiger partial charge is 0.220 e. The van der Waals surface area contributed by atoms with Crippen molar-refractivity contribution < 1.29 is 9.18 Å². The molecule has 0 bridgehead atoms. The van der Waals surface area contributed by atoms with E-state index in [9.17, 15) is 9.18 Å². The summed E-state index contributed by atoms with van der Waals surface area (Å²) in [6.07, 6.45) is 3.44. The maximum atomic E-state index is 12.8. The second-order valence-corrected chi connectivity index (χ2v) is 4.27. The van der Waals surface area contributed by atoms with Crippen molar-refractivity contribution >= 4 is 5.91 Å². The Morgan fingerprint density at radius 3 is 2.88 bits per heavy atom. The second-order valence-electron chi connectivity index (χ2n) is 4.27. The number of carbonyl (C=O) groups excluding carboxylic acids is 1. The van der Waals surface area contributed by atoms with Gasteiger partial charge in [0.15, 0.2) is 0 Å². The molecule has 1 aromatic rings. The molecule has 1 amide bonds. The number of halogens is 1. The molecule has 4 heteroatoms. The van der Waals surface area contributed by atoms with Crippen molar-refractivity contribution in [2.24, 2.45) is 0 Å². The summed E-state index contributed by atoms with van der Waals surface area (Å²) >= 11 is 0. The summed E-state index contributed by atoms with van der Waals surface area (Å²) in [5, 5.41) is 2.86. The molecule has 0 aromatic carbocycles. The molecule has 16 heavy (non-hydrogen) atoms. The summed E-state index contributed by atoms with van der Waals surface area (Å²) < 4.78 is 12.8. The van der Waals surface area contributed by atoms with Gasteiger partial charge in [-0.15, -0.1) is 0 Å². The molecule has 1 saturated heterocycles. The second kappa shape index (κ2) is 4.20. The molecule has 1 aromatic heterocycles. The molecular weight excluding hydrogens is 207 g/mol. The average molecular weight is 222 g/mol. The van der Waals surface area contributed by atoms with E-state index >= 15 is 0 Å². The van der Waals surface area contributed by atoms with Crippen molar-refractivity contribution in [1.29, 1.82) is 0 Å². The normalized spacial score (nSPS) is 25.2. The fourth-order valence-electron chi connectivity index (χ4n) is 2.19. The summed E-state index contributed by atoms with van der Waals surface area (Å²) in [5.41, 5.74) is 0.748. The molecule has 1 fully saturated rings. The molecule has 86 valence electrons. The number of pyridine rings is 1. The van der Waals surface area contributed by atoms with Crippen LogP contribution < -0.4 is 5.32 Å². The molecule has 1 N–H and O–H groups in total. The highest BCUT2D eigenvalue weighted by atomic mass is 19.1. The van der Waals surface area contributed by atoms with Gasteiger partial charge < -0.3 is 5.32 Å². The lowest BCUT2D eigenvalue weighted by atomic mass is 9.75. The number of nitrogens with zero attached hydrogens (tertiary/aromatic N) is 1. The van der Waals surface area contributed by atoms with Crippen LogP contribution in [0.5, 0.6) is 0 Å². The topological polar surface area (TPSA) is 42.0 Å². The predicted molar refractivity (Wildman–Crippen MR) is 58.4 cm³/mol. The van der Waals surface area contributed by atoms with Gasteiger partial charge in [0.1, 0.15) is 5.82 Å². The maximum absolute atomic E-state index is 12.8. The molecule has 0 spiro atoms. The highest BCUT2D eigenvalue weighted by molar-refractivity contribution is 5.77. The Morgan fingerprint density at radius 2 is 2.38 bits per heavy atom. The summed E-state index contributed by atoms with van der Waals surface area (Å²) in [6, 6.07) is 3.15. The van der Waals surface area contributed by atoms with Gasteiger partial charge in [0.25, 0.3) is 0 Å². The minimum Gasteiger partial charge on any atom is -0.355 e. The summed E-state index contributed by atoms with van der Waals surface area (Å²) in [6.45, 7) is 2.67. The molecular formula is C12H15FN2O. The number of hydrogen-bond donors (Lipinski definition) is 1. The van der Waals surface area contributed by atoms with Crippen LogP contribution >= 0.6 is 0 Å². The number of nitrogens with one attached hydrogen (secondary N) is 1. The average Bonchev–Trinajstić information content (AvgIpc) is 2.32. The molecule has 1 aliphatic heterocycles. The van der Waals surface area contributed by atoms with Crippen LogP contribution in [-0.2, 0) is 10.2 Å². The Balaban J connectivity index is 2.27. The van der Waals surface area contributed by atoms with Gasteiger partial charge >= 0.3 is 0 Å². The first kappa shape index (κ1) is 11.0. The van der Waals surface area contributed by atoms with E-state index in [0.29, 0.717) is 13.0 Å². The Kier molecular flexibility index (Phi) is 2.90. The monoisotopic (exact) mass is 222 g/mol. The van der Waals surface area contributed by atoms with Crippen LogP contribution in [0.2, 0.25) is 0 Å². The Labute approximate surface area is 94.1 Å². The zero-order chi connectivity index (χ0) is 11.6. The lowest BCUT2D eigenvalue weighted by Gasteiger charge is -2.35. The first-order valence-electron chi connectivity index (χ1n) is 5.55. The van der Waals surface area contributed by atoms with Crippen molar-refractivity contribution in [2.75, 3.05) is 6.54 Å². The first-order valence-corrected chi connectivity index (χ1v) is 5.55. The molecule has 2 rings (SSSR count). The predicted octanol–water partition coefficient (Wildman–Crippen LogP) is 1.78. The number of aromatic nitrogens is 1. The van der Waals surface area contributed by atoms with Gasteiger partial charge in [-0.05, 0) is 25.0 Å². The standard InChI is InChI=1S/C12H15FN2O/c1-2-12(6-5-11(16)15-8-12)10-4-3-9(13)7-14-10/h3-4,7H,2,5-6,8H2,1H3,(H,15,16). The zero-order valence-electron chi connectivity index (χ0n) is 9.29. The van der Waals surface area contributed by atoms with Crippen LogP contribution in [0, 0.1) is 5.82 Å². The van der Waals surface area contributed by atoms with Gasteiger partial charge in [0.05, 0.1) is 6.20 Å². The van der Waals surface area contributed by atoms with Gasteiger partial charge in [-0.1, -0.05) is 6.92 Å². The number of rotatable bonds is 2. The van der Waals surface area contributed by atoms with Crippen LogP contribution in [0.15, 0.2) is 18.3 Å². The van der Waals surface area contributed by atoms with Gasteiger partial charge in [-0.2, -0.15) is 0 Å². The van der Waals surface area contributed by atoms with Gasteiger partial charge in [-0.25, -0.2) is 4.39 Å². The SMILES string of the molecule is CCC1(c2ccc(F)cn2)CCC(=O)NC1. The van der Waals surface area contributed by atoms with Crippen LogP contribution in [0.3, 0.4) is 0 Å². The Morgan fingerprint density at radius 1 is 1.56 bits per heavy atom. The molecule has 3 nitrogen and oxygen atoms in total. The van der Waals surface area contributed by atoms with Crippen LogP contribution in [-0.4, -0.2) is 17.4 Å². The fraction of sp³-hybridized carbons (Fsp3) is 0.500. The zero-order valence-corrected chi connectivity index (χ0v) is 9.29. The maximum Gasteiger partial charge on any atom is 0.220 e. The minimum atomic E-state index is -0.324. The number of amides is 1. The van der Waals surface area contributed by atoms with Crippen molar-refractivity contribution in [3.63, 3.8) is 0 Å². The van der Waals surface area contributed by atoms with Gasteiger partial charge in [0, 0.05) is 24.1 Å². The van der Waals surface area contributed by atoms with Crippen LogP contribution in [0.25, 0.3) is 0 Å². The van der Waals surface area contributed by atoms with E-state index in [0.717, 1.165) is 18.5 Å². The van der Waals surface area contributed by atoms with E-state index in [-0.39, 0.29) is 17.1 Å². The number of carbonyl (C=O) groups is 1. The lowest BCUT2D eigenvalue weighted by Crippen LogP contribution is -2.46. The van der Waals surface area contributed by atoms with Crippen LogP contribution in [0.4, 0.5) is 4.39 Å². The van der Waals surface area contributed by atoms with Crippen molar-refractivity contribution in [3.05, 3.63) is 29.8 Å². The molecule has 1 unspecified atom stereocenters. The highest BCUT2D eigenvalue weighted by Gasteiger charge is 2.35. The molecule has 0 saturated carbocycles. The lowest BCUT2D eigenvalue weighted by molar-refractivity contribution is -0.123. The van der Waals surface area contributed by atoms with Gasteiger partial charge in [-0.3, -0.25) is 9.78 Å². The summed E-state index contributed by atoms with van der Waals surface area (Å²) in [4.78, 5) is 15.3. The number of piperidine rings is 1. The van der Waals surface area contributed by atoms with E-state index in [2.05, 4.69) is 17.2 Å². The highest BCUT2D eigenvalue weighted by Crippen LogP contribution is 2.33. The van der Waals surface area contributed by atoms with E-state index in [1.54, 1.807) is 6.07 Å². The van der Waals surface area contributed by atoms with Crippen molar-refractivity contribution in [3.8, 4) is 0 Å². The Bertz CT molecular complexity index is 379. The van der Waals surface area contributed by atoms with E-state index in [4.69, 9.17) is 0 Å². The summed E-state index contributed by atoms with van der Waals surface area (Å²) in [5.74, 6) is -0.235. The molecule has 0 aliphatic carbocycles. The minimum absolute atomic E-state index is 0.0891. The van der Waals surface area contributed by atoms with Crippen LogP contribution in [0.1, 0.15) is 31.9 Å². The molecule has 1 atom stereocenters. The van der Waals surface area contributed by atoms with E-state index < -0.39 is 0 Å². The quantitative estimate of drug-likeness (QED) is 0.828. The van der Waals surface area contributed by atoms with Crippen molar-refractivity contribution in [2.45, 2.75) is 31.6 Å². The van der Waals surface area contributed by atoms with E-state index in [1.807, 2.05) is 0 Å². The van der Waals surface area contributed by atoms with Gasteiger partial charge in [0.2, 0.25) is 5.91 Å². The molecule has 0 radical (unpaired) electrons. The third-order valence-electron chi connectivity index (χ3n) is 3.40. The van der Waals surface area contributed by atoms with Crippen molar-refractivity contribution in [1.82, 2.24) is 10.3 Å². The largest absolute Gasteiger partial charge is 0.355 e. The fourth-order valence-corrected chi connectivity index (χ4v) is 2.19. The summed E-state index contributed by atoms with van der Waals surface area (Å²) in [7, 11) is 0. The number of hydrogen-bond acceptors (Lipinski definition) is 2. The molecule has 2 heterocycles. The third kappa shape index (κ3) is 1.92. The first-order chi connectivity index (χ1) is 7.66. The third-order valence-corrected chi connectivity index (χ3v) is 3.40. The Hall–Kier alpha value is -1.45. The van der Waals surface area contributed by atoms with E-state index in [1.165, 1.54) is 12.3 Å².